The van der Waals surface area contributed by atoms with Crippen molar-refractivity contribution in [3.8, 4) is 0 Å². The van der Waals surface area contributed by atoms with E-state index < -0.39 is 8.32 Å². The van der Waals surface area contributed by atoms with Crippen molar-refractivity contribution in [1.82, 2.24) is 0 Å². The van der Waals surface area contributed by atoms with E-state index in [0.29, 0.717) is 12.5 Å². The van der Waals surface area contributed by atoms with E-state index in [2.05, 4.69) is 94.4 Å². The number of ether oxygens (including phenoxy) is 2. The number of rotatable bonds is 8. The molecule has 168 valence electrons. The second-order valence-corrected chi connectivity index (χ2v) is 14.0. The maximum atomic E-state index is 7.12. The summed E-state index contributed by atoms with van der Waals surface area (Å²) in [6.45, 7) is 13.8. The van der Waals surface area contributed by atoms with Crippen molar-refractivity contribution in [1.29, 1.82) is 0 Å². The van der Waals surface area contributed by atoms with Gasteiger partial charge in [0.1, 0.15) is 0 Å². The highest BCUT2D eigenvalue weighted by atomic mass is 28.4. The molecule has 0 N–H and O–H groups in total. The van der Waals surface area contributed by atoms with E-state index >= 15 is 0 Å². The molecule has 0 saturated carbocycles. The first-order chi connectivity index (χ1) is 14.8. The lowest BCUT2D eigenvalue weighted by Crippen LogP contribution is -2.67. The molecule has 0 radical (unpaired) electrons. The largest absolute Gasteiger partial charge is 0.405 e. The van der Waals surface area contributed by atoms with E-state index in [1.807, 2.05) is 19.9 Å². The molecule has 0 bridgehead atoms. The third-order valence-electron chi connectivity index (χ3n) is 6.06. The molecular formula is C27H38O3Si. The van der Waals surface area contributed by atoms with Crippen LogP contribution >= 0.6 is 0 Å². The summed E-state index contributed by atoms with van der Waals surface area (Å²) in [7, 11) is -2.57. The highest BCUT2D eigenvalue weighted by Crippen LogP contribution is 2.37. The van der Waals surface area contributed by atoms with Crippen LogP contribution < -0.4 is 10.4 Å². The van der Waals surface area contributed by atoms with Gasteiger partial charge in [0.05, 0.1) is 18.8 Å². The lowest BCUT2D eigenvalue weighted by Gasteiger charge is -2.44. The van der Waals surface area contributed by atoms with Crippen LogP contribution in [0.1, 0.15) is 48.0 Å². The van der Waals surface area contributed by atoms with Crippen LogP contribution in [0.5, 0.6) is 0 Å². The fourth-order valence-corrected chi connectivity index (χ4v) is 9.12. The highest BCUT2D eigenvalue weighted by Gasteiger charge is 2.50. The molecule has 0 amide bonds. The number of benzene rings is 2. The molecular weight excluding hydrogens is 400 g/mol. The van der Waals surface area contributed by atoms with Crippen molar-refractivity contribution in [3.05, 3.63) is 72.8 Å². The Morgan fingerprint density at radius 2 is 1.45 bits per heavy atom. The third kappa shape index (κ3) is 5.37. The second-order valence-electron chi connectivity index (χ2n) is 9.66. The molecule has 3 atom stereocenters. The Hall–Kier alpha value is -1.72. The Morgan fingerprint density at radius 1 is 0.903 bits per heavy atom. The summed E-state index contributed by atoms with van der Waals surface area (Å²) in [4.78, 5) is 0. The Bertz CT molecular complexity index is 787. The summed E-state index contributed by atoms with van der Waals surface area (Å²) >= 11 is 0. The minimum Gasteiger partial charge on any atom is -0.405 e. The van der Waals surface area contributed by atoms with Crippen LogP contribution in [0.4, 0.5) is 0 Å². The van der Waals surface area contributed by atoms with Gasteiger partial charge in [-0.2, -0.15) is 0 Å². The predicted molar refractivity (Wildman–Crippen MR) is 131 cm³/mol. The van der Waals surface area contributed by atoms with Gasteiger partial charge in [-0.05, 0) is 41.8 Å². The molecule has 2 aromatic rings. The van der Waals surface area contributed by atoms with E-state index in [0.717, 1.165) is 6.42 Å². The van der Waals surface area contributed by atoms with Crippen molar-refractivity contribution in [2.45, 2.75) is 71.5 Å². The van der Waals surface area contributed by atoms with Crippen molar-refractivity contribution >= 4 is 18.7 Å². The Morgan fingerprint density at radius 3 is 1.90 bits per heavy atom. The van der Waals surface area contributed by atoms with Crippen LogP contribution in [0, 0.1) is 5.92 Å². The molecule has 0 aromatic heterocycles. The van der Waals surface area contributed by atoms with E-state index in [-0.39, 0.29) is 23.5 Å². The topological polar surface area (TPSA) is 27.7 Å². The average molecular weight is 439 g/mol. The first-order valence-corrected chi connectivity index (χ1v) is 13.4. The molecule has 3 rings (SSSR count). The summed E-state index contributed by atoms with van der Waals surface area (Å²) < 4.78 is 19.4. The van der Waals surface area contributed by atoms with Crippen LogP contribution in [0.15, 0.2) is 72.8 Å². The smallest absolute Gasteiger partial charge is 0.261 e. The summed E-state index contributed by atoms with van der Waals surface area (Å²) in [6, 6.07) is 21.6. The van der Waals surface area contributed by atoms with Gasteiger partial charge in [0, 0.05) is 5.92 Å². The van der Waals surface area contributed by atoms with Gasteiger partial charge >= 0.3 is 0 Å². The molecule has 31 heavy (non-hydrogen) atoms. The zero-order valence-electron chi connectivity index (χ0n) is 19.9. The van der Waals surface area contributed by atoms with Crippen LogP contribution in [0.25, 0.3) is 0 Å². The monoisotopic (exact) mass is 438 g/mol. The van der Waals surface area contributed by atoms with Gasteiger partial charge in [-0.15, -0.1) is 0 Å². The normalized spacial score (nSPS) is 22.1. The Kier molecular flexibility index (Phi) is 7.92. The van der Waals surface area contributed by atoms with Crippen molar-refractivity contribution < 1.29 is 13.9 Å². The SMILES string of the molecule is CC[C@@H]1C=C[C@@H](OC(C)C)O[C@@H]1CO[Si](c1ccccc1)(c1ccccc1)C(C)(C)C. The quantitative estimate of drug-likeness (QED) is 0.414. The first kappa shape index (κ1) is 23.9. The maximum Gasteiger partial charge on any atom is 0.261 e. The van der Waals surface area contributed by atoms with Crippen molar-refractivity contribution in [2.75, 3.05) is 6.61 Å². The lowest BCUT2D eigenvalue weighted by molar-refractivity contribution is -0.182. The van der Waals surface area contributed by atoms with E-state index in [9.17, 15) is 0 Å². The molecule has 0 aliphatic carbocycles. The van der Waals surface area contributed by atoms with E-state index in [4.69, 9.17) is 13.9 Å². The fraction of sp³-hybridized carbons (Fsp3) is 0.481. The minimum absolute atomic E-state index is 0.0274. The van der Waals surface area contributed by atoms with E-state index in [1.54, 1.807) is 0 Å². The van der Waals surface area contributed by atoms with Gasteiger partial charge in [-0.25, -0.2) is 0 Å². The molecule has 2 aromatic carbocycles. The van der Waals surface area contributed by atoms with Crippen LogP contribution in [0.2, 0.25) is 5.04 Å². The fourth-order valence-electron chi connectivity index (χ4n) is 4.55. The van der Waals surface area contributed by atoms with E-state index in [1.165, 1.54) is 10.4 Å². The Labute approximate surface area is 189 Å². The van der Waals surface area contributed by atoms with Gasteiger partial charge in [0.15, 0.2) is 6.29 Å². The standard InChI is InChI=1S/C27H38O3Si/c1-7-22-18-19-26(29-21(2)3)30-25(22)20-28-31(27(4,5)6,23-14-10-8-11-15-23)24-16-12-9-13-17-24/h8-19,21-22,25-26H,7,20H2,1-6H3/t22-,25-,26+/m1/s1. The van der Waals surface area contributed by atoms with Gasteiger partial charge in [-0.1, -0.05) is 94.4 Å². The summed E-state index contributed by atoms with van der Waals surface area (Å²) in [6.07, 6.45) is 5.09. The summed E-state index contributed by atoms with van der Waals surface area (Å²) in [5.41, 5.74) is 0. The molecule has 3 nitrogen and oxygen atoms in total. The third-order valence-corrected chi connectivity index (χ3v) is 11.1. The maximum absolute atomic E-state index is 7.12. The van der Waals surface area contributed by atoms with Gasteiger partial charge in [0.2, 0.25) is 0 Å². The van der Waals surface area contributed by atoms with Crippen LogP contribution in [-0.4, -0.2) is 33.4 Å². The lowest BCUT2D eigenvalue weighted by atomic mass is 9.97. The molecule has 0 fully saturated rings. The molecule has 1 aliphatic heterocycles. The summed E-state index contributed by atoms with van der Waals surface area (Å²) in [5.74, 6) is 0.324. The predicted octanol–water partition coefficient (Wildman–Crippen LogP) is 5.30. The van der Waals surface area contributed by atoms with Gasteiger partial charge in [0.25, 0.3) is 8.32 Å². The van der Waals surface area contributed by atoms with Crippen molar-refractivity contribution in [3.63, 3.8) is 0 Å². The zero-order chi connectivity index (χ0) is 22.5. The van der Waals surface area contributed by atoms with Crippen molar-refractivity contribution in [2.24, 2.45) is 5.92 Å². The molecule has 0 spiro atoms. The molecule has 0 saturated heterocycles. The first-order valence-electron chi connectivity index (χ1n) is 11.5. The number of hydrogen-bond donors (Lipinski definition) is 0. The minimum atomic E-state index is -2.57. The second kappa shape index (κ2) is 10.3. The molecule has 4 heteroatoms. The highest BCUT2D eigenvalue weighted by molar-refractivity contribution is 6.99. The van der Waals surface area contributed by atoms with Crippen LogP contribution in [-0.2, 0) is 13.9 Å². The van der Waals surface area contributed by atoms with Crippen LogP contribution in [0.3, 0.4) is 0 Å². The summed E-state index contributed by atoms with van der Waals surface area (Å²) in [5, 5.41) is 2.54. The van der Waals surface area contributed by atoms with Gasteiger partial charge in [-0.3, -0.25) is 0 Å². The molecule has 1 aliphatic rings. The Balaban J connectivity index is 1.97. The van der Waals surface area contributed by atoms with Gasteiger partial charge < -0.3 is 13.9 Å². The number of hydrogen-bond acceptors (Lipinski definition) is 3. The molecule has 0 unspecified atom stereocenters. The average Bonchev–Trinajstić information content (AvgIpc) is 2.74. The zero-order valence-corrected chi connectivity index (χ0v) is 20.9. The molecule has 1 heterocycles.